The lowest BCUT2D eigenvalue weighted by Crippen LogP contribution is -2.40. The molecule has 3 unspecified atom stereocenters. The number of carboxylic acid groups (broad SMARTS) is 2. The average Bonchev–Trinajstić information content (AvgIpc) is 3.17. The van der Waals surface area contributed by atoms with Gasteiger partial charge in [0.25, 0.3) is 0 Å². The number of halogens is 6. The number of amides is 3. The molecular formula is C36H49F6N3O16. The first-order chi connectivity index (χ1) is 28.3. The molecule has 0 radical (unpaired) electrons. The van der Waals surface area contributed by atoms with E-state index < -0.39 is 86.0 Å². The van der Waals surface area contributed by atoms with Gasteiger partial charge in [0.1, 0.15) is 37.1 Å². The Hall–Kier alpha value is -6.53. The highest BCUT2D eigenvalue weighted by molar-refractivity contribution is 5.81. The number of ether oxygens (including phenoxy) is 6. The van der Waals surface area contributed by atoms with Gasteiger partial charge in [-0.05, 0) is 59.2 Å². The number of aliphatic hydroxyl groups is 1. The number of esters is 3. The SMILES string of the molecule is CCOC(=O)C(C)NC(=O)O.CCOC(=O)C(C)NC(=O)OCC(F)(F)F.CCOC(=O)C(C)NC(=O)OCc1ccccc1.O=C(O)Oc1ccccc1.OCC(F)(F)F. The first kappa shape index (κ1) is 58.8. The molecule has 346 valence electrons. The van der Waals surface area contributed by atoms with Gasteiger partial charge in [-0.25, -0.2) is 33.6 Å². The van der Waals surface area contributed by atoms with Gasteiger partial charge in [0.2, 0.25) is 0 Å². The molecule has 3 amide bonds. The summed E-state index contributed by atoms with van der Waals surface area (Å²) in [6, 6.07) is 15.1. The lowest BCUT2D eigenvalue weighted by atomic mass is 10.2. The molecule has 2 rings (SSSR count). The Morgan fingerprint density at radius 1 is 0.574 bits per heavy atom. The smallest absolute Gasteiger partial charge is 0.465 e. The molecule has 3 atom stereocenters. The van der Waals surface area contributed by atoms with Gasteiger partial charge < -0.3 is 59.7 Å². The maximum absolute atomic E-state index is 11.6. The van der Waals surface area contributed by atoms with Gasteiger partial charge in [-0.3, -0.25) is 0 Å². The van der Waals surface area contributed by atoms with E-state index >= 15 is 0 Å². The van der Waals surface area contributed by atoms with Crippen LogP contribution in [-0.2, 0) is 44.7 Å². The second-order valence-electron chi connectivity index (χ2n) is 10.9. The molecule has 61 heavy (non-hydrogen) atoms. The van der Waals surface area contributed by atoms with Crippen molar-refractivity contribution in [1.29, 1.82) is 0 Å². The van der Waals surface area contributed by atoms with E-state index in [1.807, 2.05) is 41.0 Å². The number of hydrogen-bond acceptors (Lipinski definition) is 14. The fourth-order valence-electron chi connectivity index (χ4n) is 3.06. The summed E-state index contributed by atoms with van der Waals surface area (Å²) in [7, 11) is 0. The number of carbonyl (C=O) groups excluding carboxylic acids is 5. The van der Waals surface area contributed by atoms with Crippen LogP contribution in [0, 0.1) is 0 Å². The molecule has 25 heteroatoms. The van der Waals surface area contributed by atoms with Crippen molar-refractivity contribution in [3.05, 3.63) is 66.2 Å². The lowest BCUT2D eigenvalue weighted by Gasteiger charge is -2.13. The van der Waals surface area contributed by atoms with Crippen LogP contribution in [0.15, 0.2) is 60.7 Å². The number of carbonyl (C=O) groups is 7. The molecule has 0 aliphatic carbocycles. The molecule has 6 N–H and O–H groups in total. The maximum Gasteiger partial charge on any atom is 0.511 e. The number of alkyl carbamates (subject to hydrolysis) is 2. The number of rotatable bonds is 13. The van der Waals surface area contributed by atoms with E-state index in [-0.39, 0.29) is 26.4 Å². The third-order valence-corrected chi connectivity index (χ3v) is 5.64. The van der Waals surface area contributed by atoms with E-state index in [0.717, 1.165) is 5.56 Å². The summed E-state index contributed by atoms with van der Waals surface area (Å²) in [6.07, 6.45) is -13.5. The molecule has 0 aliphatic rings. The van der Waals surface area contributed by atoms with Crippen molar-refractivity contribution in [2.75, 3.05) is 33.0 Å². The van der Waals surface area contributed by atoms with Gasteiger partial charge in [0.05, 0.1) is 19.8 Å². The Bertz CT molecular complexity index is 1570. The van der Waals surface area contributed by atoms with Crippen molar-refractivity contribution in [3.63, 3.8) is 0 Å². The molecule has 0 bridgehead atoms. The van der Waals surface area contributed by atoms with E-state index in [4.69, 9.17) is 24.8 Å². The predicted molar refractivity (Wildman–Crippen MR) is 198 cm³/mol. The number of benzene rings is 2. The highest BCUT2D eigenvalue weighted by Gasteiger charge is 2.30. The van der Waals surface area contributed by atoms with Gasteiger partial charge in [-0.2, -0.15) is 26.3 Å². The van der Waals surface area contributed by atoms with Crippen LogP contribution < -0.4 is 20.7 Å². The monoisotopic (exact) mass is 893 g/mol. The summed E-state index contributed by atoms with van der Waals surface area (Å²) in [4.78, 5) is 75.1. The van der Waals surface area contributed by atoms with Crippen LogP contribution in [0.5, 0.6) is 5.75 Å². The topological polar surface area (TPSA) is 272 Å². The fraction of sp³-hybridized carbons (Fsp3) is 0.472. The second-order valence-corrected chi connectivity index (χ2v) is 10.9. The summed E-state index contributed by atoms with van der Waals surface area (Å²) in [5, 5.41) is 29.9. The van der Waals surface area contributed by atoms with Crippen molar-refractivity contribution in [2.24, 2.45) is 0 Å². The van der Waals surface area contributed by atoms with E-state index in [1.165, 1.54) is 13.8 Å². The van der Waals surface area contributed by atoms with Crippen LogP contribution in [0.3, 0.4) is 0 Å². The highest BCUT2D eigenvalue weighted by Crippen LogP contribution is 2.14. The molecule has 0 saturated carbocycles. The zero-order valence-corrected chi connectivity index (χ0v) is 33.7. The van der Waals surface area contributed by atoms with Crippen molar-refractivity contribution in [1.82, 2.24) is 16.0 Å². The molecular weight excluding hydrogens is 844 g/mol. The fourth-order valence-corrected chi connectivity index (χ4v) is 3.06. The number of hydrogen-bond donors (Lipinski definition) is 6. The van der Waals surface area contributed by atoms with E-state index in [1.54, 1.807) is 58.0 Å². The normalized spacial score (nSPS) is 11.5. The van der Waals surface area contributed by atoms with Crippen molar-refractivity contribution >= 4 is 42.3 Å². The first-order valence-corrected chi connectivity index (χ1v) is 17.4. The molecule has 0 fully saturated rings. The number of para-hydroxylation sites is 1. The Morgan fingerprint density at radius 3 is 1.26 bits per heavy atom. The van der Waals surface area contributed by atoms with Crippen LogP contribution in [0.1, 0.15) is 47.1 Å². The van der Waals surface area contributed by atoms with Crippen LogP contribution in [0.25, 0.3) is 0 Å². The zero-order valence-electron chi connectivity index (χ0n) is 33.7. The van der Waals surface area contributed by atoms with Gasteiger partial charge in [0.15, 0.2) is 6.61 Å². The van der Waals surface area contributed by atoms with Crippen LogP contribution in [0.2, 0.25) is 0 Å². The minimum absolute atomic E-state index is 0.114. The third-order valence-electron chi connectivity index (χ3n) is 5.64. The molecule has 0 aliphatic heterocycles. The largest absolute Gasteiger partial charge is 0.511 e. The van der Waals surface area contributed by atoms with E-state index in [9.17, 15) is 59.9 Å². The molecule has 2 aromatic carbocycles. The summed E-state index contributed by atoms with van der Waals surface area (Å²) in [5.41, 5.74) is 0.886. The average molecular weight is 894 g/mol. The Kier molecular flexibility index (Phi) is 32.1. The van der Waals surface area contributed by atoms with Crippen molar-refractivity contribution in [2.45, 2.75) is 78.6 Å². The molecule has 2 aromatic rings. The standard InChI is InChI=1S/C13H17NO4.C8H12F3NO4.C7H6O3.C6H11NO4.C2H3F3O/c1-3-17-12(15)10(2)14-13(16)18-9-11-7-5-4-6-8-11;1-3-15-6(13)5(2)12-7(14)16-4-8(9,10)11;8-7(9)10-6-4-2-1-3-5-6;1-3-11-5(8)4(2)7-6(9)10;3-2(4,5)1-6/h4-8,10H,3,9H2,1-2H3,(H,14,16);5H,3-4H2,1-2H3,(H,12,14);1-5H,(H,8,9);4,7H,3H2,1-2H3,(H,9,10);6H,1H2. The lowest BCUT2D eigenvalue weighted by molar-refractivity contribution is -0.161. The third kappa shape index (κ3) is 38.7. The van der Waals surface area contributed by atoms with Gasteiger partial charge >= 0.3 is 54.7 Å². The summed E-state index contributed by atoms with van der Waals surface area (Å²) < 4.78 is 93.5. The first-order valence-electron chi connectivity index (χ1n) is 17.4. The second kappa shape index (κ2) is 33.3. The van der Waals surface area contributed by atoms with E-state index in [2.05, 4.69) is 24.3 Å². The van der Waals surface area contributed by atoms with Gasteiger partial charge in [-0.1, -0.05) is 48.5 Å². The summed E-state index contributed by atoms with van der Waals surface area (Å²) in [5.74, 6) is -1.44. The minimum atomic E-state index is -4.59. The highest BCUT2D eigenvalue weighted by atomic mass is 19.4. The Balaban J connectivity index is -0.000000719. The Labute approximate surface area is 345 Å². The number of aliphatic hydroxyl groups excluding tert-OH is 1. The molecule has 0 spiro atoms. The number of nitrogens with one attached hydrogen (secondary N) is 3. The van der Waals surface area contributed by atoms with Crippen LogP contribution >= 0.6 is 0 Å². The van der Waals surface area contributed by atoms with Crippen molar-refractivity contribution < 1.29 is 104 Å². The quantitative estimate of drug-likeness (QED) is 0.0620. The minimum Gasteiger partial charge on any atom is -0.465 e. The van der Waals surface area contributed by atoms with Crippen molar-refractivity contribution in [3.8, 4) is 5.75 Å². The molecule has 19 nitrogen and oxygen atoms in total. The number of alkyl halides is 6. The summed E-state index contributed by atoms with van der Waals surface area (Å²) in [6.45, 7) is 6.55. The van der Waals surface area contributed by atoms with Crippen LogP contribution in [-0.4, -0.2) is 121 Å². The Morgan fingerprint density at radius 2 is 0.934 bits per heavy atom. The van der Waals surface area contributed by atoms with Crippen LogP contribution in [0.4, 0.5) is 45.5 Å². The predicted octanol–water partition coefficient (Wildman–Crippen LogP) is 5.58. The zero-order chi connectivity index (χ0) is 47.6. The van der Waals surface area contributed by atoms with E-state index in [0.29, 0.717) is 5.75 Å². The summed E-state index contributed by atoms with van der Waals surface area (Å²) >= 11 is 0. The molecule has 0 heterocycles. The molecule has 0 aromatic heterocycles. The maximum atomic E-state index is 11.6. The van der Waals surface area contributed by atoms with Gasteiger partial charge in [0, 0.05) is 0 Å². The van der Waals surface area contributed by atoms with Gasteiger partial charge in [-0.15, -0.1) is 0 Å². The molecule has 0 saturated heterocycles.